The summed E-state index contributed by atoms with van der Waals surface area (Å²) in [5.41, 5.74) is 2.28. The molecule has 0 unspecified atom stereocenters. The average molecular weight is 456 g/mol. The largest absolute Gasteiger partial charge is 0.358 e. The number of fused-ring (bicyclic) bond motifs is 4. The minimum Gasteiger partial charge on any atom is -0.358 e. The SMILES string of the molecule is CC1(C)c2[nH]c3ccccc3c2C[C@@]23C(=O)N4CCC[C@]4(C[C@@H]12)C(=O)N3OCc1ccccc1. The van der Waals surface area contributed by atoms with Crippen LogP contribution in [0.3, 0.4) is 0 Å². The molecule has 1 aliphatic carbocycles. The first-order valence-corrected chi connectivity index (χ1v) is 12.3. The molecular weight excluding hydrogens is 426 g/mol. The molecule has 0 saturated carbocycles. The van der Waals surface area contributed by atoms with E-state index in [1.54, 1.807) is 5.06 Å². The molecule has 4 saturated heterocycles. The second-order valence-electron chi connectivity index (χ2n) is 11.1. The van der Waals surface area contributed by atoms with Gasteiger partial charge in [0.1, 0.15) is 12.1 Å². The van der Waals surface area contributed by atoms with E-state index in [1.807, 2.05) is 47.4 Å². The van der Waals surface area contributed by atoms with Crippen LogP contribution in [0.15, 0.2) is 54.6 Å². The number of H-pyrrole nitrogens is 1. The predicted molar refractivity (Wildman–Crippen MR) is 128 cm³/mol. The summed E-state index contributed by atoms with van der Waals surface area (Å²) in [6.45, 7) is 5.39. The van der Waals surface area contributed by atoms with E-state index in [4.69, 9.17) is 4.84 Å². The first-order valence-electron chi connectivity index (χ1n) is 12.3. The standard InChI is InChI=1S/C28H29N3O3/c1-26(2)22-16-27-13-8-14-30(27)25(33)28(22,15-20-19-11-6-7-12-21(19)29-23(20)26)31(24(27)32)34-17-18-9-4-3-5-10-18/h3-7,9-12,22,29H,8,13-17H2,1-2H3/t22-,27-,28-/m0/s1. The minimum atomic E-state index is -1.03. The van der Waals surface area contributed by atoms with E-state index in [0.29, 0.717) is 25.8 Å². The van der Waals surface area contributed by atoms with E-state index in [1.165, 1.54) is 5.69 Å². The third kappa shape index (κ3) is 2.25. The molecule has 2 bridgehead atoms. The maximum atomic E-state index is 14.4. The van der Waals surface area contributed by atoms with Crippen LogP contribution in [0.2, 0.25) is 0 Å². The Balaban J connectivity index is 1.43. The van der Waals surface area contributed by atoms with Crippen LogP contribution in [0.5, 0.6) is 0 Å². The number of piperidine rings is 2. The number of para-hydroxylation sites is 1. The first kappa shape index (κ1) is 20.3. The Morgan fingerprint density at radius 2 is 1.79 bits per heavy atom. The lowest BCUT2D eigenvalue weighted by Crippen LogP contribution is -2.85. The lowest BCUT2D eigenvalue weighted by molar-refractivity contribution is -0.283. The van der Waals surface area contributed by atoms with Crippen LogP contribution in [0.4, 0.5) is 0 Å². The zero-order valence-corrected chi connectivity index (χ0v) is 19.6. The molecule has 34 heavy (non-hydrogen) atoms. The van der Waals surface area contributed by atoms with Gasteiger partial charge in [-0.25, -0.2) is 5.06 Å². The third-order valence-electron chi connectivity index (χ3n) is 9.15. The molecule has 3 atom stereocenters. The summed E-state index contributed by atoms with van der Waals surface area (Å²) in [5.74, 6) is 0.00433. The summed E-state index contributed by atoms with van der Waals surface area (Å²) < 4.78 is 0. The quantitative estimate of drug-likeness (QED) is 0.647. The van der Waals surface area contributed by atoms with E-state index >= 15 is 0 Å². The highest BCUT2D eigenvalue weighted by Gasteiger charge is 2.76. The molecule has 5 heterocycles. The Kier molecular flexibility index (Phi) is 3.88. The van der Waals surface area contributed by atoms with Gasteiger partial charge in [-0.2, -0.15) is 0 Å². The van der Waals surface area contributed by atoms with Crippen LogP contribution < -0.4 is 0 Å². The number of hydrogen-bond donors (Lipinski definition) is 1. The number of piperazine rings is 1. The fraction of sp³-hybridized carbons (Fsp3) is 0.429. The van der Waals surface area contributed by atoms with Crippen LogP contribution in [-0.2, 0) is 32.9 Å². The van der Waals surface area contributed by atoms with Crippen LogP contribution in [-0.4, -0.2) is 44.4 Å². The van der Waals surface area contributed by atoms with E-state index in [-0.39, 0.29) is 29.8 Å². The van der Waals surface area contributed by atoms with Crippen molar-refractivity contribution in [1.29, 1.82) is 0 Å². The van der Waals surface area contributed by atoms with Crippen molar-refractivity contribution in [3.63, 3.8) is 0 Å². The Morgan fingerprint density at radius 1 is 1.03 bits per heavy atom. The number of aromatic amines is 1. The molecule has 2 spiro atoms. The molecule has 174 valence electrons. The number of hydroxylamine groups is 2. The van der Waals surface area contributed by atoms with Gasteiger partial charge in [0.15, 0.2) is 5.54 Å². The molecule has 1 N–H and O–H groups in total. The van der Waals surface area contributed by atoms with Gasteiger partial charge in [0.25, 0.3) is 11.8 Å². The van der Waals surface area contributed by atoms with E-state index < -0.39 is 11.1 Å². The lowest BCUT2D eigenvalue weighted by atomic mass is 9.51. The lowest BCUT2D eigenvalue weighted by Gasteiger charge is -2.66. The summed E-state index contributed by atoms with van der Waals surface area (Å²) in [7, 11) is 0. The van der Waals surface area contributed by atoms with Crippen molar-refractivity contribution < 1.29 is 14.4 Å². The van der Waals surface area contributed by atoms with Crippen LogP contribution >= 0.6 is 0 Å². The van der Waals surface area contributed by atoms with E-state index in [0.717, 1.165) is 28.5 Å². The molecule has 6 nitrogen and oxygen atoms in total. The molecule has 0 radical (unpaired) electrons. The van der Waals surface area contributed by atoms with Gasteiger partial charge in [-0.15, -0.1) is 0 Å². The van der Waals surface area contributed by atoms with Crippen molar-refractivity contribution in [3.05, 3.63) is 71.4 Å². The van der Waals surface area contributed by atoms with Gasteiger partial charge in [0.2, 0.25) is 0 Å². The number of aromatic nitrogens is 1. The first-order chi connectivity index (χ1) is 16.4. The van der Waals surface area contributed by atoms with Gasteiger partial charge in [-0.3, -0.25) is 14.4 Å². The average Bonchev–Trinajstić information content (AvgIpc) is 3.44. The molecule has 6 heteroatoms. The molecule has 1 aromatic heterocycles. The normalized spacial score (nSPS) is 31.1. The van der Waals surface area contributed by atoms with Crippen LogP contribution in [0, 0.1) is 5.92 Å². The summed E-state index contributed by atoms with van der Waals surface area (Å²) in [6, 6.07) is 18.2. The molecule has 5 aliphatic rings. The van der Waals surface area contributed by atoms with Crippen molar-refractivity contribution in [2.75, 3.05) is 6.54 Å². The monoisotopic (exact) mass is 455 g/mol. The second kappa shape index (κ2) is 6.51. The zero-order valence-electron chi connectivity index (χ0n) is 19.6. The molecular formula is C28H29N3O3. The number of benzene rings is 2. The fourth-order valence-electron chi connectivity index (χ4n) is 7.57. The van der Waals surface area contributed by atoms with Crippen molar-refractivity contribution in [1.82, 2.24) is 14.9 Å². The molecule has 2 amide bonds. The molecule has 4 fully saturated rings. The number of nitrogens with zero attached hydrogens (tertiary/aromatic N) is 2. The highest BCUT2D eigenvalue weighted by Crippen LogP contribution is 2.62. The minimum absolute atomic E-state index is 0.0316. The zero-order chi connectivity index (χ0) is 23.3. The number of rotatable bonds is 3. The Morgan fingerprint density at radius 3 is 2.62 bits per heavy atom. The van der Waals surface area contributed by atoms with Gasteiger partial charge < -0.3 is 9.88 Å². The van der Waals surface area contributed by atoms with E-state index in [2.05, 4.69) is 31.0 Å². The predicted octanol–water partition coefficient (Wildman–Crippen LogP) is 4.10. The fourth-order valence-corrected chi connectivity index (χ4v) is 7.57. The van der Waals surface area contributed by atoms with Crippen molar-refractivity contribution in [3.8, 4) is 0 Å². The second-order valence-corrected chi connectivity index (χ2v) is 11.1. The number of carbonyl (C=O) groups excluding carboxylic acids is 2. The van der Waals surface area contributed by atoms with Gasteiger partial charge in [-0.05, 0) is 36.5 Å². The number of nitrogens with one attached hydrogen (secondary N) is 1. The Hall–Kier alpha value is -3.12. The third-order valence-corrected chi connectivity index (χ3v) is 9.15. The van der Waals surface area contributed by atoms with Gasteiger partial charge in [-0.1, -0.05) is 62.4 Å². The van der Waals surface area contributed by atoms with Gasteiger partial charge in [0, 0.05) is 40.9 Å². The highest BCUT2D eigenvalue weighted by molar-refractivity contribution is 6.05. The molecule has 3 aromatic rings. The summed E-state index contributed by atoms with van der Waals surface area (Å²) in [6.07, 6.45) is 2.75. The molecule has 2 aromatic carbocycles. The number of hydrogen-bond acceptors (Lipinski definition) is 3. The maximum absolute atomic E-state index is 14.4. The number of amides is 2. The molecule has 8 rings (SSSR count). The smallest absolute Gasteiger partial charge is 0.273 e. The molecule has 4 aliphatic heterocycles. The van der Waals surface area contributed by atoms with Gasteiger partial charge in [0.05, 0.1) is 0 Å². The van der Waals surface area contributed by atoms with Crippen LogP contribution in [0.25, 0.3) is 10.9 Å². The van der Waals surface area contributed by atoms with Gasteiger partial charge >= 0.3 is 0 Å². The van der Waals surface area contributed by atoms with Crippen molar-refractivity contribution in [2.45, 2.75) is 62.6 Å². The number of carbonyl (C=O) groups is 2. The summed E-state index contributed by atoms with van der Waals surface area (Å²) in [5, 5.41) is 2.68. The summed E-state index contributed by atoms with van der Waals surface area (Å²) in [4.78, 5) is 40.5. The summed E-state index contributed by atoms with van der Waals surface area (Å²) >= 11 is 0. The van der Waals surface area contributed by atoms with Crippen molar-refractivity contribution >= 4 is 22.7 Å². The maximum Gasteiger partial charge on any atom is 0.273 e. The van der Waals surface area contributed by atoms with Crippen molar-refractivity contribution in [2.24, 2.45) is 5.92 Å². The highest BCUT2D eigenvalue weighted by atomic mass is 16.7. The topological polar surface area (TPSA) is 65.6 Å². The Labute approximate surface area is 198 Å². The van der Waals surface area contributed by atoms with Crippen LogP contribution in [0.1, 0.15) is 49.9 Å². The Bertz CT molecular complexity index is 1350. The van der Waals surface area contributed by atoms with E-state index in [9.17, 15) is 9.59 Å².